The fourth-order valence-corrected chi connectivity index (χ4v) is 1.87. The highest BCUT2D eigenvalue weighted by atomic mass is 16.3. The molecule has 0 bridgehead atoms. The number of furan rings is 1. The summed E-state index contributed by atoms with van der Waals surface area (Å²) in [5.74, 6) is 0.652. The van der Waals surface area contributed by atoms with Crippen LogP contribution in [-0.2, 0) is 4.79 Å². The Labute approximate surface area is 103 Å². The Morgan fingerprint density at radius 1 is 1.39 bits per heavy atom. The molecule has 5 nitrogen and oxygen atoms in total. The van der Waals surface area contributed by atoms with Gasteiger partial charge in [0, 0.05) is 17.9 Å². The van der Waals surface area contributed by atoms with E-state index in [1.54, 1.807) is 12.5 Å². The molecule has 0 atom stereocenters. The third-order valence-electron chi connectivity index (χ3n) is 2.64. The van der Waals surface area contributed by atoms with Crippen molar-refractivity contribution < 1.29 is 9.21 Å². The van der Waals surface area contributed by atoms with Crippen molar-refractivity contribution in [1.29, 1.82) is 0 Å². The lowest BCUT2D eigenvalue weighted by Crippen LogP contribution is -2.20. The molecule has 0 spiro atoms. The highest BCUT2D eigenvalue weighted by Crippen LogP contribution is 2.24. The van der Waals surface area contributed by atoms with Gasteiger partial charge in [0.15, 0.2) is 0 Å². The number of nitrogens with one attached hydrogen (secondary N) is 1. The van der Waals surface area contributed by atoms with Gasteiger partial charge in [-0.1, -0.05) is 0 Å². The maximum absolute atomic E-state index is 11.0. The van der Waals surface area contributed by atoms with Crippen LogP contribution in [0.15, 0.2) is 47.2 Å². The van der Waals surface area contributed by atoms with E-state index >= 15 is 0 Å². The molecule has 0 saturated carbocycles. The zero-order chi connectivity index (χ0) is 12.5. The van der Waals surface area contributed by atoms with Gasteiger partial charge in [-0.05, 0) is 30.3 Å². The smallest absolute Gasteiger partial charge is 0.236 e. The van der Waals surface area contributed by atoms with Crippen LogP contribution < -0.4 is 5.43 Å². The Kier molecular flexibility index (Phi) is 2.37. The highest BCUT2D eigenvalue weighted by Gasteiger charge is 2.06. The van der Waals surface area contributed by atoms with Gasteiger partial charge in [-0.3, -0.25) is 4.79 Å². The summed E-state index contributed by atoms with van der Waals surface area (Å²) in [5.41, 5.74) is 4.45. The highest BCUT2D eigenvalue weighted by molar-refractivity contribution is 5.87. The molecule has 90 valence electrons. The Hall–Kier alpha value is -2.56. The van der Waals surface area contributed by atoms with Gasteiger partial charge >= 0.3 is 0 Å². The average molecular weight is 241 g/mol. The fourth-order valence-electron chi connectivity index (χ4n) is 1.87. The maximum atomic E-state index is 11.0. The van der Waals surface area contributed by atoms with Crippen molar-refractivity contribution in [2.24, 2.45) is 0 Å². The largest absolute Gasteiger partial charge is 0.464 e. The van der Waals surface area contributed by atoms with Crippen molar-refractivity contribution in [2.75, 3.05) is 5.43 Å². The minimum absolute atomic E-state index is 0.157. The molecule has 0 radical (unpaired) electrons. The first-order valence-electron chi connectivity index (χ1n) is 5.53. The molecule has 0 aliphatic rings. The molecule has 3 rings (SSSR count). The minimum atomic E-state index is -0.157. The zero-order valence-electron chi connectivity index (χ0n) is 9.75. The number of rotatable bonds is 2. The predicted octanol–water partition coefficient (Wildman–Crippen LogP) is 2.39. The van der Waals surface area contributed by atoms with Gasteiger partial charge in [0.1, 0.15) is 5.76 Å². The third kappa shape index (κ3) is 1.75. The number of hydrogen-bond donors (Lipinski definition) is 1. The molecule has 1 amide bonds. The summed E-state index contributed by atoms with van der Waals surface area (Å²) in [7, 11) is 0. The summed E-state index contributed by atoms with van der Waals surface area (Å²) in [5, 5.41) is 5.05. The molecule has 0 unspecified atom stereocenters. The topological polar surface area (TPSA) is 60.1 Å². The van der Waals surface area contributed by atoms with Crippen LogP contribution in [0.3, 0.4) is 0 Å². The van der Waals surface area contributed by atoms with Crippen LogP contribution >= 0.6 is 0 Å². The quantitative estimate of drug-likeness (QED) is 0.749. The van der Waals surface area contributed by atoms with Crippen LogP contribution in [0.4, 0.5) is 0 Å². The van der Waals surface area contributed by atoms with Crippen LogP contribution in [-0.4, -0.2) is 15.8 Å². The van der Waals surface area contributed by atoms with Gasteiger partial charge in [-0.2, -0.15) is 9.89 Å². The number of carbonyl (C=O) groups excluding carboxylic acids is 1. The van der Waals surface area contributed by atoms with Crippen molar-refractivity contribution in [3.63, 3.8) is 0 Å². The zero-order valence-corrected chi connectivity index (χ0v) is 9.75. The first-order chi connectivity index (χ1) is 8.74. The van der Waals surface area contributed by atoms with Crippen molar-refractivity contribution in [1.82, 2.24) is 9.89 Å². The maximum Gasteiger partial charge on any atom is 0.236 e. The summed E-state index contributed by atoms with van der Waals surface area (Å²) < 4.78 is 5.34. The van der Waals surface area contributed by atoms with Crippen molar-refractivity contribution in [3.8, 4) is 11.3 Å². The van der Waals surface area contributed by atoms with Crippen LogP contribution in [0, 0.1) is 0 Å². The number of nitrogens with zero attached hydrogens (tertiary/aromatic N) is 2. The Morgan fingerprint density at radius 3 is 3.00 bits per heavy atom. The standard InChI is InChI=1S/C13H11N3O2/c1-9(17)15-16-12-5-4-10(7-11(12)8-14-16)13-3-2-6-18-13/h2-8H,1H3,(H,15,17). The van der Waals surface area contributed by atoms with E-state index in [9.17, 15) is 4.79 Å². The number of amides is 1. The molecule has 5 heteroatoms. The molecule has 0 aliphatic heterocycles. The first kappa shape index (κ1) is 10.6. The molecule has 3 aromatic rings. The van der Waals surface area contributed by atoms with Crippen molar-refractivity contribution in [2.45, 2.75) is 6.92 Å². The predicted molar refractivity (Wildman–Crippen MR) is 67.5 cm³/mol. The summed E-state index contributed by atoms with van der Waals surface area (Å²) in [4.78, 5) is 12.5. The van der Waals surface area contributed by atoms with Crippen LogP contribution in [0.1, 0.15) is 6.92 Å². The molecule has 18 heavy (non-hydrogen) atoms. The Balaban J connectivity index is 2.07. The van der Waals surface area contributed by atoms with E-state index in [0.29, 0.717) is 0 Å². The lowest BCUT2D eigenvalue weighted by atomic mass is 10.1. The SMILES string of the molecule is CC(=O)Nn1ncc2cc(-c3ccco3)ccc21. The molecule has 1 N–H and O–H groups in total. The number of carbonyl (C=O) groups is 1. The van der Waals surface area contributed by atoms with Crippen molar-refractivity contribution >= 4 is 16.8 Å². The van der Waals surface area contributed by atoms with Gasteiger partial charge in [0.2, 0.25) is 5.91 Å². The average Bonchev–Trinajstić information content (AvgIpc) is 2.97. The number of fused-ring (bicyclic) bond motifs is 1. The van der Waals surface area contributed by atoms with Crippen molar-refractivity contribution in [3.05, 3.63) is 42.8 Å². The summed E-state index contributed by atoms with van der Waals surface area (Å²) >= 11 is 0. The van der Waals surface area contributed by atoms with E-state index in [4.69, 9.17) is 4.42 Å². The molecule has 0 aliphatic carbocycles. The monoisotopic (exact) mass is 241 g/mol. The number of hydrogen-bond acceptors (Lipinski definition) is 3. The fraction of sp³-hybridized carbons (Fsp3) is 0.0769. The summed E-state index contributed by atoms with van der Waals surface area (Å²) in [6.07, 6.45) is 3.35. The van der Waals surface area contributed by atoms with E-state index in [1.165, 1.54) is 11.7 Å². The van der Waals surface area contributed by atoms with E-state index < -0.39 is 0 Å². The van der Waals surface area contributed by atoms with E-state index in [1.807, 2.05) is 30.3 Å². The van der Waals surface area contributed by atoms with E-state index in [-0.39, 0.29) is 5.91 Å². The number of aromatic nitrogens is 2. The van der Waals surface area contributed by atoms with E-state index in [0.717, 1.165) is 22.2 Å². The normalized spacial score (nSPS) is 10.7. The second-order valence-corrected chi connectivity index (χ2v) is 3.98. The molecule has 0 saturated heterocycles. The summed E-state index contributed by atoms with van der Waals surface area (Å²) in [6, 6.07) is 9.55. The van der Waals surface area contributed by atoms with Crippen LogP contribution in [0.2, 0.25) is 0 Å². The Morgan fingerprint density at radius 2 is 2.28 bits per heavy atom. The second kappa shape index (κ2) is 4.03. The summed E-state index contributed by atoms with van der Waals surface area (Å²) in [6.45, 7) is 1.45. The third-order valence-corrected chi connectivity index (χ3v) is 2.64. The van der Waals surface area contributed by atoms with Gasteiger partial charge in [-0.25, -0.2) is 5.43 Å². The Bertz CT molecular complexity index is 698. The van der Waals surface area contributed by atoms with Gasteiger partial charge < -0.3 is 4.42 Å². The molecular weight excluding hydrogens is 230 g/mol. The lowest BCUT2D eigenvalue weighted by molar-refractivity contribution is -0.115. The van der Waals surface area contributed by atoms with Gasteiger partial charge in [0.05, 0.1) is 18.0 Å². The van der Waals surface area contributed by atoms with Crippen LogP contribution in [0.5, 0.6) is 0 Å². The van der Waals surface area contributed by atoms with Gasteiger partial charge in [0.25, 0.3) is 0 Å². The molecule has 2 heterocycles. The number of benzene rings is 1. The first-order valence-corrected chi connectivity index (χ1v) is 5.53. The van der Waals surface area contributed by atoms with Gasteiger partial charge in [-0.15, -0.1) is 0 Å². The second-order valence-electron chi connectivity index (χ2n) is 3.98. The van der Waals surface area contributed by atoms with E-state index in [2.05, 4.69) is 10.5 Å². The molecule has 2 aromatic heterocycles. The lowest BCUT2D eigenvalue weighted by Gasteiger charge is -2.03. The van der Waals surface area contributed by atoms with Crippen LogP contribution in [0.25, 0.3) is 22.2 Å². The minimum Gasteiger partial charge on any atom is -0.464 e. The molecule has 0 fully saturated rings. The molecule has 1 aromatic carbocycles. The molecular formula is C13H11N3O2.